The maximum Gasteiger partial charge on any atom is 5.00 e. The van der Waals surface area contributed by atoms with Crippen LogP contribution in [0, 0.1) is 10.4 Å². The van der Waals surface area contributed by atoms with E-state index in [9.17, 15) is 0 Å². The molecule has 0 atom stereocenters. The molecule has 0 N–H and O–H groups in total. The van der Waals surface area contributed by atoms with Gasteiger partial charge in [0.05, 0.1) is 15.8 Å². The number of rotatable bonds is 6. The Balaban J connectivity index is 0.000000206. The van der Waals surface area contributed by atoms with Crippen LogP contribution in [0.5, 0.6) is 0 Å². The van der Waals surface area contributed by atoms with Crippen molar-refractivity contribution in [2.24, 2.45) is 0 Å². The summed E-state index contributed by atoms with van der Waals surface area (Å²) in [5.74, 6) is 0. The fourth-order valence-electron chi connectivity index (χ4n) is 5.10. The van der Waals surface area contributed by atoms with E-state index in [0.717, 1.165) is 0 Å². The van der Waals surface area contributed by atoms with Crippen LogP contribution in [0.15, 0.2) is 212 Å². The van der Waals surface area contributed by atoms with E-state index < -0.39 is 23.9 Å². The van der Waals surface area contributed by atoms with Crippen molar-refractivity contribution in [3.8, 4) is 10.4 Å². The van der Waals surface area contributed by atoms with E-state index in [1.54, 1.807) is 0 Å². The minimum atomic E-state index is -1.05. The standard InChI is InChI=1S/2C18H15P.C5H9SeSi.C5H5.Ru/c2*1-4-10-16(11-5-1)19(17-12-6-2-7-13-17)18-14-8-3-9-15-18;1-7(2,3)5-4-6;1-2-4-5-3-1;/h2*1-15H;1-3H3;1-5H;/q;;;-1;+5/p+2. The average Bonchev–Trinajstić information content (AvgIpc) is 3.76. The predicted molar refractivity (Wildman–Crippen MR) is 232 cm³/mol. The van der Waals surface area contributed by atoms with Crippen LogP contribution in [0.4, 0.5) is 0 Å². The van der Waals surface area contributed by atoms with Gasteiger partial charge in [0.1, 0.15) is 31.8 Å². The summed E-state index contributed by atoms with van der Waals surface area (Å²) in [5, 5.41) is 8.61. The minimum absolute atomic E-state index is 0. The van der Waals surface area contributed by atoms with Crippen LogP contribution >= 0.6 is 15.8 Å². The molecule has 0 saturated carbocycles. The first kappa shape index (κ1) is 41.9. The predicted octanol–water partition coefficient (Wildman–Crippen LogP) is 8.75. The van der Waals surface area contributed by atoms with Gasteiger partial charge in [0.2, 0.25) is 0 Å². The zero-order chi connectivity index (χ0) is 35.3. The topological polar surface area (TPSA) is 0 Å². The number of hydrogen-bond donors (Lipinski definition) is 0. The van der Waals surface area contributed by atoms with Crippen molar-refractivity contribution in [1.29, 1.82) is 0 Å². The molecule has 0 aliphatic heterocycles. The maximum absolute atomic E-state index is 3.12. The van der Waals surface area contributed by atoms with Crippen molar-refractivity contribution in [2.45, 2.75) is 19.6 Å². The molecular formula is C46H46P2RuSeSi+6. The van der Waals surface area contributed by atoms with Crippen LogP contribution in [0.25, 0.3) is 0 Å². The third kappa shape index (κ3) is 15.3. The molecule has 51 heavy (non-hydrogen) atoms. The first-order chi connectivity index (χ1) is 24.5. The first-order valence-corrected chi connectivity index (χ1v) is 24.2. The Morgan fingerprint density at radius 2 is 0.608 bits per heavy atom. The molecule has 0 heterocycles. The molecule has 0 aliphatic rings. The molecule has 0 fully saturated rings. The summed E-state index contributed by atoms with van der Waals surface area (Å²) in [5.41, 5.74) is 3.12. The Morgan fingerprint density at radius 1 is 0.392 bits per heavy atom. The molecule has 0 aromatic heterocycles. The molecule has 0 saturated heterocycles. The minimum Gasteiger partial charge on any atom is -0.214 e. The smallest absolute Gasteiger partial charge is 0.214 e. The van der Waals surface area contributed by atoms with Gasteiger partial charge in [-0.25, -0.2) is 12.1 Å². The van der Waals surface area contributed by atoms with Gasteiger partial charge in [-0.2, -0.15) is 18.2 Å². The van der Waals surface area contributed by atoms with Crippen LogP contribution in [0.3, 0.4) is 0 Å². The summed E-state index contributed by atoms with van der Waals surface area (Å²) in [4.78, 5) is 2.79. The zero-order valence-corrected chi connectivity index (χ0v) is 35.9. The van der Waals surface area contributed by atoms with Gasteiger partial charge in [0, 0.05) is 0 Å². The van der Waals surface area contributed by atoms with E-state index >= 15 is 0 Å². The van der Waals surface area contributed by atoms with Gasteiger partial charge in [-0.15, -0.1) is 0 Å². The molecule has 0 spiro atoms. The van der Waals surface area contributed by atoms with Crippen molar-refractivity contribution in [3.05, 3.63) is 212 Å². The van der Waals surface area contributed by atoms with Crippen molar-refractivity contribution in [1.82, 2.24) is 0 Å². The number of hydrogen-bond acceptors (Lipinski definition) is 0. The van der Waals surface area contributed by atoms with Crippen LogP contribution in [0.2, 0.25) is 19.6 Å². The monoisotopic (exact) mass is 870 g/mol. The van der Waals surface area contributed by atoms with Crippen LogP contribution in [0.1, 0.15) is 0 Å². The summed E-state index contributed by atoms with van der Waals surface area (Å²) >= 11 is 2.67. The van der Waals surface area contributed by atoms with Crippen LogP contribution in [-0.2, 0) is 19.5 Å². The SMILES string of the molecule is C[Si](C)(C)C#C[Se].[Ru+5].c1cc[cH-]c1.c1ccc([PH+](c2ccccc2)c2ccccc2)cc1.c1ccc([PH+](c2ccccc2)c2ccccc2)cc1. The second kappa shape index (κ2) is 23.8. The van der Waals surface area contributed by atoms with Gasteiger partial charge in [-0.1, -0.05) is 109 Å². The molecule has 0 aliphatic carbocycles. The summed E-state index contributed by atoms with van der Waals surface area (Å²) in [7, 11) is -2.80. The first-order valence-electron chi connectivity index (χ1n) is 16.8. The molecule has 7 rings (SSSR count). The van der Waals surface area contributed by atoms with Crippen molar-refractivity contribution in [2.75, 3.05) is 0 Å². The summed E-state index contributed by atoms with van der Waals surface area (Å²) in [6.07, 6.45) is 0. The van der Waals surface area contributed by atoms with Crippen LogP contribution < -0.4 is 31.8 Å². The van der Waals surface area contributed by atoms with Gasteiger partial charge in [-0.3, -0.25) is 0 Å². The Bertz CT molecular complexity index is 1600. The van der Waals surface area contributed by atoms with Gasteiger partial charge >= 0.3 is 73.6 Å². The van der Waals surface area contributed by atoms with Gasteiger partial charge in [0.25, 0.3) is 0 Å². The molecule has 0 bridgehead atoms. The van der Waals surface area contributed by atoms with Crippen molar-refractivity contribution < 1.29 is 19.5 Å². The van der Waals surface area contributed by atoms with Crippen molar-refractivity contribution in [3.63, 3.8) is 0 Å². The molecule has 0 nitrogen and oxygen atoms in total. The van der Waals surface area contributed by atoms with Gasteiger partial charge in [-0.05, 0) is 72.8 Å². The quantitative estimate of drug-likeness (QED) is 0.0680. The summed E-state index contributed by atoms with van der Waals surface area (Å²) < 4.78 is 0. The largest absolute Gasteiger partial charge is 5.00 e. The van der Waals surface area contributed by atoms with Crippen LogP contribution in [-0.4, -0.2) is 24.1 Å². The Morgan fingerprint density at radius 3 is 0.725 bits per heavy atom. The van der Waals surface area contributed by atoms with E-state index in [1.807, 2.05) is 30.3 Å². The van der Waals surface area contributed by atoms with Gasteiger partial charge < -0.3 is 0 Å². The normalized spacial score (nSPS) is 9.98. The third-order valence-corrected chi connectivity index (χ3v) is 14.3. The molecule has 0 amide bonds. The second-order valence-corrected chi connectivity index (χ2v) is 22.5. The fourth-order valence-corrected chi connectivity index (χ4v) is 12.5. The molecule has 7 aromatic carbocycles. The van der Waals surface area contributed by atoms with E-state index in [1.165, 1.54) is 31.8 Å². The Labute approximate surface area is 331 Å². The summed E-state index contributed by atoms with van der Waals surface area (Å²) in [6.45, 7) is 6.66. The molecule has 0 unspecified atom stereocenters. The average molecular weight is 869 g/mol. The maximum atomic E-state index is 3.12. The Kier molecular flexibility index (Phi) is 19.6. The molecule has 252 valence electrons. The molecular weight excluding hydrogens is 823 g/mol. The van der Waals surface area contributed by atoms with E-state index in [2.05, 4.69) is 228 Å². The number of benzene rings is 6. The fraction of sp³-hybridized carbons (Fsp3) is 0.0652. The van der Waals surface area contributed by atoms with Gasteiger partial charge in [0.15, 0.2) is 0 Å². The second-order valence-electron chi connectivity index (χ2n) is 12.4. The van der Waals surface area contributed by atoms with E-state index in [-0.39, 0.29) is 19.5 Å². The molecule has 7 aromatic rings. The third-order valence-electron chi connectivity index (χ3n) is 7.36. The van der Waals surface area contributed by atoms with E-state index in [4.69, 9.17) is 0 Å². The zero-order valence-electron chi connectivity index (χ0n) is 29.5. The van der Waals surface area contributed by atoms with E-state index in [0.29, 0.717) is 0 Å². The Hall–Kier alpha value is -3.55. The van der Waals surface area contributed by atoms with Crippen molar-refractivity contribution >= 4 is 71.8 Å². The summed E-state index contributed by atoms with van der Waals surface area (Å²) in [6, 6.07) is 75.0. The molecule has 2 radical (unpaired) electrons. The molecule has 5 heteroatoms.